The quantitative estimate of drug-likeness (QED) is 0.615. The summed E-state index contributed by atoms with van der Waals surface area (Å²) in [6, 6.07) is 15.0. The highest BCUT2D eigenvalue weighted by molar-refractivity contribution is 7.80. The van der Waals surface area contributed by atoms with Gasteiger partial charge in [0.15, 0.2) is 5.11 Å². The van der Waals surface area contributed by atoms with E-state index in [4.69, 9.17) is 12.2 Å². The molecule has 1 aliphatic rings. The minimum Gasteiger partial charge on any atom is -0.506 e. The molecule has 1 saturated heterocycles. The summed E-state index contributed by atoms with van der Waals surface area (Å²) in [5, 5.41) is 14.4. The van der Waals surface area contributed by atoms with Crippen LogP contribution >= 0.6 is 12.2 Å². The van der Waals surface area contributed by atoms with E-state index in [2.05, 4.69) is 28.3 Å². The van der Waals surface area contributed by atoms with Gasteiger partial charge in [0.1, 0.15) is 5.75 Å². The number of nitrogens with zero attached hydrogens (tertiary/aromatic N) is 2. The largest absolute Gasteiger partial charge is 0.506 e. The van der Waals surface area contributed by atoms with Crippen LogP contribution in [-0.2, 0) is 0 Å². The molecule has 3 heterocycles. The summed E-state index contributed by atoms with van der Waals surface area (Å²) >= 11 is 5.65. The first-order valence-corrected chi connectivity index (χ1v) is 8.92. The second kappa shape index (κ2) is 6.46. The van der Waals surface area contributed by atoms with Crippen LogP contribution in [-0.4, -0.2) is 20.2 Å². The zero-order valence-corrected chi connectivity index (χ0v) is 15.4. The van der Waals surface area contributed by atoms with Crippen molar-refractivity contribution in [3.05, 3.63) is 77.4 Å². The molecule has 1 fully saturated rings. The molecule has 3 aromatic rings. The van der Waals surface area contributed by atoms with Crippen molar-refractivity contribution in [3.8, 4) is 5.75 Å². The normalized spacial score (nSPS) is 19.6. The summed E-state index contributed by atoms with van der Waals surface area (Å²) < 4.78 is 0. The predicted octanol–water partition coefficient (Wildman–Crippen LogP) is 3.91. The van der Waals surface area contributed by atoms with Crippen molar-refractivity contribution in [2.75, 3.05) is 4.90 Å². The molecule has 0 spiro atoms. The van der Waals surface area contributed by atoms with Crippen molar-refractivity contribution in [3.63, 3.8) is 0 Å². The molecule has 1 aliphatic heterocycles. The lowest BCUT2D eigenvalue weighted by Gasteiger charge is -2.28. The summed E-state index contributed by atoms with van der Waals surface area (Å²) in [5.74, 6) is 0.202. The topological polar surface area (TPSA) is 64.2 Å². The lowest BCUT2D eigenvalue weighted by molar-refractivity contribution is 0.472. The second-order valence-electron chi connectivity index (χ2n) is 6.52. The standard InChI is InChI=1S/C20H20N4OS/c1-12-11-14(13(2)22-12)19-18(15-7-5-6-10-21-15)23-20(26)24(19)16-8-3-4-9-17(16)25/h3-11,18-19,22,25H,1-2H3,(H,23,26)/t18-,19+/m0/s1. The molecular weight excluding hydrogens is 344 g/mol. The predicted molar refractivity (Wildman–Crippen MR) is 106 cm³/mol. The molecule has 1 aromatic carbocycles. The maximum absolute atomic E-state index is 10.4. The first-order valence-electron chi connectivity index (χ1n) is 8.51. The number of nitrogens with one attached hydrogen (secondary N) is 2. The zero-order valence-electron chi connectivity index (χ0n) is 14.6. The molecule has 2 atom stereocenters. The highest BCUT2D eigenvalue weighted by Gasteiger charge is 2.42. The van der Waals surface area contributed by atoms with Crippen molar-refractivity contribution < 1.29 is 5.11 Å². The number of aromatic nitrogens is 2. The number of pyridine rings is 1. The van der Waals surface area contributed by atoms with Gasteiger partial charge in [-0.3, -0.25) is 4.98 Å². The fraction of sp³-hybridized carbons (Fsp3) is 0.200. The van der Waals surface area contributed by atoms with E-state index in [0.29, 0.717) is 10.8 Å². The van der Waals surface area contributed by atoms with Gasteiger partial charge in [0.05, 0.1) is 23.5 Å². The maximum atomic E-state index is 10.4. The van der Waals surface area contributed by atoms with Crippen LogP contribution in [0.5, 0.6) is 5.75 Å². The van der Waals surface area contributed by atoms with Crippen LogP contribution in [0, 0.1) is 13.8 Å². The van der Waals surface area contributed by atoms with Gasteiger partial charge in [0, 0.05) is 17.6 Å². The SMILES string of the molecule is Cc1cc([C@@H]2[C@H](c3ccccn3)NC(=S)N2c2ccccc2O)c(C)[nH]1. The van der Waals surface area contributed by atoms with Gasteiger partial charge in [-0.15, -0.1) is 0 Å². The van der Waals surface area contributed by atoms with E-state index in [-0.39, 0.29) is 17.8 Å². The number of benzene rings is 1. The van der Waals surface area contributed by atoms with Gasteiger partial charge in [0.2, 0.25) is 0 Å². The summed E-state index contributed by atoms with van der Waals surface area (Å²) in [6.07, 6.45) is 1.79. The van der Waals surface area contributed by atoms with Crippen LogP contribution in [0.15, 0.2) is 54.7 Å². The summed E-state index contributed by atoms with van der Waals surface area (Å²) in [6.45, 7) is 4.10. The van der Waals surface area contributed by atoms with E-state index < -0.39 is 0 Å². The number of aromatic amines is 1. The van der Waals surface area contributed by atoms with E-state index in [9.17, 15) is 5.11 Å². The van der Waals surface area contributed by atoms with Crippen LogP contribution in [0.1, 0.15) is 34.7 Å². The summed E-state index contributed by atoms with van der Waals surface area (Å²) in [4.78, 5) is 9.90. The average Bonchev–Trinajstić information content (AvgIpc) is 3.14. The Morgan fingerprint density at radius 1 is 1.12 bits per heavy atom. The Morgan fingerprint density at radius 3 is 2.54 bits per heavy atom. The number of phenolic OH excluding ortho intramolecular Hbond substituents is 1. The van der Waals surface area contributed by atoms with Crippen LogP contribution in [0.25, 0.3) is 0 Å². The molecule has 0 amide bonds. The van der Waals surface area contributed by atoms with E-state index in [1.54, 1.807) is 12.3 Å². The molecule has 26 heavy (non-hydrogen) atoms. The Bertz CT molecular complexity index is 953. The van der Waals surface area contributed by atoms with Gasteiger partial charge in [-0.05, 0) is 62.0 Å². The molecule has 0 radical (unpaired) electrons. The highest BCUT2D eigenvalue weighted by Crippen LogP contribution is 2.44. The first-order chi connectivity index (χ1) is 12.6. The van der Waals surface area contributed by atoms with Crippen LogP contribution in [0.4, 0.5) is 5.69 Å². The number of H-pyrrole nitrogens is 1. The van der Waals surface area contributed by atoms with Gasteiger partial charge < -0.3 is 20.3 Å². The fourth-order valence-electron chi connectivity index (χ4n) is 3.65. The van der Waals surface area contributed by atoms with Gasteiger partial charge in [-0.1, -0.05) is 18.2 Å². The molecule has 0 unspecified atom stereocenters. The molecule has 0 bridgehead atoms. The molecule has 5 nitrogen and oxygen atoms in total. The molecular formula is C20H20N4OS. The van der Waals surface area contributed by atoms with Gasteiger partial charge >= 0.3 is 0 Å². The summed E-state index contributed by atoms with van der Waals surface area (Å²) in [5.41, 5.74) is 4.91. The fourth-order valence-corrected chi connectivity index (χ4v) is 3.99. The van der Waals surface area contributed by atoms with Gasteiger partial charge in [-0.25, -0.2) is 0 Å². The number of aryl methyl sites for hydroxylation is 2. The minimum atomic E-state index is -0.115. The smallest absolute Gasteiger partial charge is 0.174 e. The third-order valence-corrected chi connectivity index (χ3v) is 5.06. The van der Waals surface area contributed by atoms with Gasteiger partial charge in [0.25, 0.3) is 0 Å². The number of phenols is 1. The molecule has 132 valence electrons. The zero-order chi connectivity index (χ0) is 18.3. The van der Waals surface area contributed by atoms with Crippen molar-refractivity contribution in [2.45, 2.75) is 25.9 Å². The van der Waals surface area contributed by atoms with E-state index in [1.165, 1.54) is 0 Å². The Hall–Kier alpha value is -2.86. The molecule has 0 aliphatic carbocycles. The van der Waals surface area contributed by atoms with Crippen molar-refractivity contribution in [1.82, 2.24) is 15.3 Å². The Morgan fingerprint density at radius 2 is 1.88 bits per heavy atom. The highest BCUT2D eigenvalue weighted by atomic mass is 32.1. The lowest BCUT2D eigenvalue weighted by Crippen LogP contribution is -2.29. The average molecular weight is 364 g/mol. The number of anilines is 1. The van der Waals surface area contributed by atoms with Crippen LogP contribution in [0.2, 0.25) is 0 Å². The third-order valence-electron chi connectivity index (χ3n) is 4.75. The number of rotatable bonds is 3. The molecule has 6 heteroatoms. The van der Waals surface area contributed by atoms with Gasteiger partial charge in [-0.2, -0.15) is 0 Å². The number of hydrogen-bond acceptors (Lipinski definition) is 3. The maximum Gasteiger partial charge on any atom is 0.174 e. The lowest BCUT2D eigenvalue weighted by atomic mass is 9.96. The molecule has 4 rings (SSSR count). The molecule has 2 aromatic heterocycles. The van der Waals surface area contributed by atoms with Crippen molar-refractivity contribution in [2.24, 2.45) is 0 Å². The number of thiocarbonyl (C=S) groups is 1. The number of aromatic hydroxyl groups is 1. The Labute approximate surface area is 157 Å². The molecule has 0 saturated carbocycles. The monoisotopic (exact) mass is 364 g/mol. The number of hydrogen-bond donors (Lipinski definition) is 3. The van der Waals surface area contributed by atoms with Crippen molar-refractivity contribution >= 4 is 23.0 Å². The number of para-hydroxylation sites is 2. The van der Waals surface area contributed by atoms with E-state index >= 15 is 0 Å². The van der Waals surface area contributed by atoms with E-state index in [1.807, 2.05) is 48.2 Å². The van der Waals surface area contributed by atoms with E-state index in [0.717, 1.165) is 22.6 Å². The second-order valence-corrected chi connectivity index (χ2v) is 6.90. The Balaban J connectivity index is 1.88. The third kappa shape index (κ3) is 2.72. The van der Waals surface area contributed by atoms with Crippen LogP contribution in [0.3, 0.4) is 0 Å². The summed E-state index contributed by atoms with van der Waals surface area (Å²) in [7, 11) is 0. The Kier molecular flexibility index (Phi) is 4.12. The van der Waals surface area contributed by atoms with Crippen LogP contribution < -0.4 is 10.2 Å². The minimum absolute atomic E-state index is 0.114. The van der Waals surface area contributed by atoms with Crippen molar-refractivity contribution in [1.29, 1.82) is 0 Å². The first kappa shape index (κ1) is 16.6. The molecule has 3 N–H and O–H groups in total.